The molecular formula is C19H23F3N2O4. The Morgan fingerprint density at radius 3 is 2.11 bits per heavy atom. The molecule has 0 aromatic heterocycles. The van der Waals surface area contributed by atoms with Crippen molar-refractivity contribution in [1.82, 2.24) is 0 Å². The van der Waals surface area contributed by atoms with Crippen LogP contribution in [0, 0.1) is 17.5 Å². The zero-order valence-electron chi connectivity index (χ0n) is 15.5. The standard InChI is InChI=1S/C12H17FN2O3.C7H6F2O/c1-18-11(6-10(16)7-14)12(17)15-9-4-2-8(13)3-5-9;1-10-7-3-5(8)2-6(9)4-7/h2-5,10-11,16H,6-7,14H2,1H3,(H,15,17);2-4H,1H3. The van der Waals surface area contributed by atoms with Crippen LogP contribution in [-0.4, -0.2) is 44.0 Å². The van der Waals surface area contributed by atoms with Crippen molar-refractivity contribution in [2.24, 2.45) is 5.73 Å². The van der Waals surface area contributed by atoms with E-state index in [0.29, 0.717) is 5.69 Å². The highest BCUT2D eigenvalue weighted by Crippen LogP contribution is 2.14. The third-order valence-corrected chi connectivity index (χ3v) is 3.52. The molecule has 0 aliphatic rings. The van der Waals surface area contributed by atoms with Gasteiger partial charge in [-0.05, 0) is 24.3 Å². The molecule has 6 nitrogen and oxygen atoms in total. The van der Waals surface area contributed by atoms with Crippen LogP contribution in [0.15, 0.2) is 42.5 Å². The SMILES string of the molecule is COC(CC(O)CN)C(=O)Nc1ccc(F)cc1.COc1cc(F)cc(F)c1. The van der Waals surface area contributed by atoms with E-state index in [-0.39, 0.29) is 24.5 Å². The summed E-state index contributed by atoms with van der Waals surface area (Å²) >= 11 is 0. The van der Waals surface area contributed by atoms with Gasteiger partial charge < -0.3 is 25.6 Å². The van der Waals surface area contributed by atoms with Crippen molar-refractivity contribution in [3.05, 3.63) is 59.9 Å². The molecule has 154 valence electrons. The topological polar surface area (TPSA) is 93.8 Å². The van der Waals surface area contributed by atoms with Gasteiger partial charge in [-0.2, -0.15) is 0 Å². The molecule has 0 bridgehead atoms. The van der Waals surface area contributed by atoms with E-state index in [2.05, 4.69) is 10.1 Å². The predicted molar refractivity (Wildman–Crippen MR) is 98.4 cm³/mol. The van der Waals surface area contributed by atoms with Crippen LogP contribution in [0.4, 0.5) is 18.9 Å². The average molecular weight is 400 g/mol. The first-order chi connectivity index (χ1) is 13.3. The molecule has 4 N–H and O–H groups in total. The zero-order chi connectivity index (χ0) is 21.1. The van der Waals surface area contributed by atoms with Gasteiger partial charge in [-0.1, -0.05) is 0 Å². The summed E-state index contributed by atoms with van der Waals surface area (Å²) in [7, 11) is 2.73. The summed E-state index contributed by atoms with van der Waals surface area (Å²) in [6.07, 6.45) is -1.48. The highest BCUT2D eigenvalue weighted by atomic mass is 19.1. The van der Waals surface area contributed by atoms with Crippen LogP contribution in [0.25, 0.3) is 0 Å². The van der Waals surface area contributed by atoms with Gasteiger partial charge in [-0.3, -0.25) is 4.79 Å². The fourth-order valence-electron chi connectivity index (χ4n) is 2.06. The van der Waals surface area contributed by atoms with Gasteiger partial charge in [0.25, 0.3) is 5.91 Å². The summed E-state index contributed by atoms with van der Waals surface area (Å²) < 4.78 is 46.8. The van der Waals surface area contributed by atoms with E-state index >= 15 is 0 Å². The third-order valence-electron chi connectivity index (χ3n) is 3.52. The van der Waals surface area contributed by atoms with Gasteiger partial charge in [-0.15, -0.1) is 0 Å². The first kappa shape index (κ1) is 23.4. The largest absolute Gasteiger partial charge is 0.497 e. The molecule has 0 saturated heterocycles. The quantitative estimate of drug-likeness (QED) is 0.664. The molecule has 2 aromatic rings. The van der Waals surface area contributed by atoms with E-state index in [1.807, 2.05) is 0 Å². The molecule has 2 atom stereocenters. The molecule has 9 heteroatoms. The Labute approximate surface area is 161 Å². The van der Waals surface area contributed by atoms with Gasteiger partial charge in [0.2, 0.25) is 0 Å². The van der Waals surface area contributed by atoms with E-state index in [9.17, 15) is 23.1 Å². The van der Waals surface area contributed by atoms with Crippen molar-refractivity contribution < 1.29 is 32.5 Å². The van der Waals surface area contributed by atoms with Gasteiger partial charge in [0, 0.05) is 44.0 Å². The van der Waals surface area contributed by atoms with Crippen molar-refractivity contribution in [2.75, 3.05) is 26.1 Å². The lowest BCUT2D eigenvalue weighted by Crippen LogP contribution is -2.35. The van der Waals surface area contributed by atoms with Crippen molar-refractivity contribution in [1.29, 1.82) is 0 Å². The van der Waals surface area contributed by atoms with Gasteiger partial charge in [-0.25, -0.2) is 13.2 Å². The molecule has 0 aliphatic carbocycles. The van der Waals surface area contributed by atoms with Crippen molar-refractivity contribution in [3.8, 4) is 5.75 Å². The summed E-state index contributed by atoms with van der Waals surface area (Å²) in [5, 5.41) is 11.9. The summed E-state index contributed by atoms with van der Waals surface area (Å²) in [5.74, 6) is -1.85. The number of carbonyl (C=O) groups is 1. The van der Waals surface area contributed by atoms with Gasteiger partial charge in [0.1, 0.15) is 29.3 Å². The number of rotatable bonds is 7. The molecule has 0 aliphatic heterocycles. The highest BCUT2D eigenvalue weighted by molar-refractivity contribution is 5.94. The number of aliphatic hydroxyl groups excluding tert-OH is 1. The van der Waals surface area contributed by atoms with Gasteiger partial charge >= 0.3 is 0 Å². The normalized spacial score (nSPS) is 12.4. The minimum Gasteiger partial charge on any atom is -0.497 e. The smallest absolute Gasteiger partial charge is 0.253 e. The maximum absolute atomic E-state index is 12.7. The van der Waals surface area contributed by atoms with Crippen LogP contribution in [0.1, 0.15) is 6.42 Å². The maximum Gasteiger partial charge on any atom is 0.253 e. The molecule has 2 rings (SSSR count). The first-order valence-corrected chi connectivity index (χ1v) is 8.26. The van der Waals surface area contributed by atoms with Crippen LogP contribution in [-0.2, 0) is 9.53 Å². The molecular weight excluding hydrogens is 377 g/mol. The summed E-state index contributed by atoms with van der Waals surface area (Å²) in [5.41, 5.74) is 5.73. The molecule has 28 heavy (non-hydrogen) atoms. The minimum absolute atomic E-state index is 0.0592. The lowest BCUT2D eigenvalue weighted by molar-refractivity contribution is -0.127. The van der Waals surface area contributed by atoms with Gasteiger partial charge in [0.05, 0.1) is 13.2 Å². The number of aliphatic hydroxyl groups is 1. The Morgan fingerprint density at radius 1 is 1.07 bits per heavy atom. The van der Waals surface area contributed by atoms with Crippen LogP contribution in [0.3, 0.4) is 0 Å². The van der Waals surface area contributed by atoms with Crippen LogP contribution >= 0.6 is 0 Å². The van der Waals surface area contributed by atoms with E-state index in [0.717, 1.165) is 18.2 Å². The molecule has 0 radical (unpaired) electrons. The molecule has 0 fully saturated rings. The number of halogens is 3. The van der Waals surface area contributed by atoms with E-state index in [4.69, 9.17) is 10.5 Å². The predicted octanol–water partition coefficient (Wildman–Crippen LogP) is 2.46. The van der Waals surface area contributed by atoms with E-state index < -0.39 is 29.7 Å². The Morgan fingerprint density at radius 2 is 1.64 bits per heavy atom. The van der Waals surface area contributed by atoms with Crippen molar-refractivity contribution in [3.63, 3.8) is 0 Å². The zero-order valence-corrected chi connectivity index (χ0v) is 15.5. The number of methoxy groups -OCH3 is 2. The van der Waals surface area contributed by atoms with Gasteiger partial charge in [0.15, 0.2) is 0 Å². The lowest BCUT2D eigenvalue weighted by atomic mass is 10.1. The van der Waals surface area contributed by atoms with Crippen LogP contribution < -0.4 is 15.8 Å². The molecule has 1 amide bonds. The second-order valence-corrected chi connectivity index (χ2v) is 5.65. The molecule has 2 unspecified atom stereocenters. The highest BCUT2D eigenvalue weighted by Gasteiger charge is 2.21. The number of hydrogen-bond donors (Lipinski definition) is 3. The number of anilines is 1. The monoisotopic (exact) mass is 400 g/mol. The Hall–Kier alpha value is -2.62. The summed E-state index contributed by atoms with van der Waals surface area (Å²) in [6.45, 7) is 0.0592. The molecule has 0 spiro atoms. The summed E-state index contributed by atoms with van der Waals surface area (Å²) in [4.78, 5) is 11.8. The van der Waals surface area contributed by atoms with Crippen molar-refractivity contribution >= 4 is 11.6 Å². The minimum atomic E-state index is -0.798. The maximum atomic E-state index is 12.7. The van der Waals surface area contributed by atoms with Crippen LogP contribution in [0.5, 0.6) is 5.75 Å². The Balaban J connectivity index is 0.000000330. The molecule has 0 heterocycles. The second-order valence-electron chi connectivity index (χ2n) is 5.65. The second kappa shape index (κ2) is 12.0. The third kappa shape index (κ3) is 8.38. The van der Waals surface area contributed by atoms with Crippen molar-refractivity contribution in [2.45, 2.75) is 18.6 Å². The number of carbonyl (C=O) groups excluding carboxylic acids is 1. The number of hydrogen-bond acceptors (Lipinski definition) is 5. The Bertz CT molecular complexity index is 724. The fraction of sp³-hybridized carbons (Fsp3) is 0.316. The van der Waals surface area contributed by atoms with Crippen LogP contribution in [0.2, 0.25) is 0 Å². The number of amides is 1. The Kier molecular flexibility index (Phi) is 10.0. The summed E-state index contributed by atoms with van der Waals surface area (Å²) in [6, 6.07) is 8.39. The number of benzene rings is 2. The van der Waals surface area contributed by atoms with E-state index in [1.54, 1.807) is 0 Å². The molecule has 2 aromatic carbocycles. The number of nitrogens with two attached hydrogens (primary N) is 1. The first-order valence-electron chi connectivity index (χ1n) is 8.26. The number of nitrogens with one attached hydrogen (secondary N) is 1. The average Bonchev–Trinajstić information content (AvgIpc) is 2.67. The fourth-order valence-corrected chi connectivity index (χ4v) is 2.06. The van der Waals surface area contributed by atoms with E-state index in [1.165, 1.54) is 38.5 Å². The molecule has 0 saturated carbocycles. The lowest BCUT2D eigenvalue weighted by Gasteiger charge is -2.17. The number of ether oxygens (including phenoxy) is 2.